The molecule has 129 valence electrons. The van der Waals surface area contributed by atoms with Crippen LogP contribution in [-0.4, -0.2) is 10.7 Å². The lowest BCUT2D eigenvalue weighted by atomic mass is 9.79. The Balaban J connectivity index is 2.33. The van der Waals surface area contributed by atoms with E-state index < -0.39 is 5.91 Å². The largest absolute Gasteiger partial charge is 0.270 e. The lowest BCUT2D eigenvalue weighted by Gasteiger charge is -2.26. The van der Waals surface area contributed by atoms with Crippen LogP contribution < -0.4 is 5.73 Å². The number of benzene rings is 1. The van der Waals surface area contributed by atoms with Crippen LogP contribution >= 0.6 is 15.9 Å². The summed E-state index contributed by atoms with van der Waals surface area (Å²) < 4.78 is 0. The summed E-state index contributed by atoms with van der Waals surface area (Å²) in [6.07, 6.45) is 6.74. The van der Waals surface area contributed by atoms with Gasteiger partial charge in [-0.2, -0.15) is 0 Å². The van der Waals surface area contributed by atoms with Gasteiger partial charge in [-0.05, 0) is 52.2 Å². The summed E-state index contributed by atoms with van der Waals surface area (Å²) in [5, 5.41) is 0. The monoisotopic (exact) mass is 396 g/mol. The molecule has 2 nitrogen and oxygen atoms in total. The molecule has 3 rings (SSSR count). The van der Waals surface area contributed by atoms with Crippen molar-refractivity contribution < 1.29 is 4.79 Å². The predicted molar refractivity (Wildman–Crippen MR) is 109 cm³/mol. The van der Waals surface area contributed by atoms with Crippen LogP contribution in [0.25, 0.3) is 11.6 Å². The Bertz CT molecular complexity index is 878. The summed E-state index contributed by atoms with van der Waals surface area (Å²) in [6.45, 7) is 12.9. The van der Waals surface area contributed by atoms with Crippen molar-refractivity contribution >= 4 is 33.5 Å². The summed E-state index contributed by atoms with van der Waals surface area (Å²) in [4.78, 5) is 12.0. The molecule has 2 aliphatic rings. The Kier molecular flexibility index (Phi) is 4.40. The van der Waals surface area contributed by atoms with Gasteiger partial charge in [0.05, 0.1) is 4.83 Å². The van der Waals surface area contributed by atoms with Crippen LogP contribution in [0.3, 0.4) is 0 Å². The van der Waals surface area contributed by atoms with E-state index in [1.807, 2.05) is 6.08 Å². The molecule has 0 saturated heterocycles. The highest BCUT2D eigenvalue weighted by Gasteiger charge is 2.28. The first-order valence-corrected chi connectivity index (χ1v) is 9.37. The van der Waals surface area contributed by atoms with Gasteiger partial charge in [0.1, 0.15) is 0 Å². The van der Waals surface area contributed by atoms with Gasteiger partial charge in [-0.1, -0.05) is 79.2 Å². The molecule has 0 aromatic heterocycles. The molecule has 0 spiro atoms. The molecule has 2 aliphatic carbocycles. The van der Waals surface area contributed by atoms with Gasteiger partial charge in [0.25, 0.3) is 5.91 Å². The fourth-order valence-corrected chi connectivity index (χ4v) is 3.85. The van der Waals surface area contributed by atoms with Crippen molar-refractivity contribution in [2.24, 2.45) is 0 Å². The maximum absolute atomic E-state index is 12.0. The molecule has 1 amide bonds. The number of hydrogen-bond donors (Lipinski definition) is 0. The van der Waals surface area contributed by atoms with Crippen molar-refractivity contribution in [2.45, 2.75) is 44.4 Å². The number of hydrogen-bond acceptors (Lipinski definition) is 1. The van der Waals surface area contributed by atoms with Gasteiger partial charge in [-0.3, -0.25) is 10.5 Å². The highest BCUT2D eigenvalue weighted by atomic mass is 79.9. The van der Waals surface area contributed by atoms with Crippen molar-refractivity contribution in [3.05, 3.63) is 69.8 Å². The number of fused-ring (bicyclic) bond motifs is 1. The molecule has 1 aromatic carbocycles. The number of amides is 1. The summed E-state index contributed by atoms with van der Waals surface area (Å²) in [5.74, 6) is -0.663. The van der Waals surface area contributed by atoms with Crippen LogP contribution in [0.5, 0.6) is 0 Å². The molecule has 3 heteroatoms. The van der Waals surface area contributed by atoms with E-state index in [0.29, 0.717) is 5.57 Å². The highest BCUT2D eigenvalue weighted by Crippen LogP contribution is 2.42. The third-order valence-corrected chi connectivity index (χ3v) is 5.74. The van der Waals surface area contributed by atoms with Crippen molar-refractivity contribution in [3.8, 4) is 0 Å². The molecule has 1 unspecified atom stereocenters. The molecule has 0 bridgehead atoms. The molecular weight excluding hydrogens is 374 g/mol. The topological polar surface area (TPSA) is 40.9 Å². The minimum absolute atomic E-state index is 0.000541. The van der Waals surface area contributed by atoms with Crippen LogP contribution in [0.4, 0.5) is 0 Å². The molecule has 1 radical (unpaired) electrons. The van der Waals surface area contributed by atoms with Gasteiger partial charge in [0.2, 0.25) is 0 Å². The van der Waals surface area contributed by atoms with Crippen LogP contribution in [0.15, 0.2) is 47.6 Å². The summed E-state index contributed by atoms with van der Waals surface area (Å²) in [7, 11) is 0. The third-order valence-electron chi connectivity index (χ3n) is 4.88. The van der Waals surface area contributed by atoms with Crippen molar-refractivity contribution in [2.75, 3.05) is 0 Å². The van der Waals surface area contributed by atoms with E-state index >= 15 is 0 Å². The minimum Gasteiger partial charge on any atom is -0.267 e. The van der Waals surface area contributed by atoms with Crippen LogP contribution in [-0.2, 0) is 16.6 Å². The number of alkyl halides is 1. The van der Waals surface area contributed by atoms with Gasteiger partial charge in [0.15, 0.2) is 0 Å². The summed E-state index contributed by atoms with van der Waals surface area (Å²) >= 11 is 3.61. The Morgan fingerprint density at radius 3 is 2.60 bits per heavy atom. The standard InChI is InChI=1S/C22H23BrNO/c1-12-8-14-10-15(22(3,4)5)11-18(17(14)9-12)20-13(2)19(23)7-6-16(20)21(24)25/h6-8,10-11,19,24H,2,9H2,1,3-5H3. The highest BCUT2D eigenvalue weighted by molar-refractivity contribution is 9.09. The van der Waals surface area contributed by atoms with E-state index in [1.165, 1.54) is 22.3 Å². The maximum Gasteiger partial charge on any atom is 0.270 e. The van der Waals surface area contributed by atoms with E-state index in [1.54, 1.807) is 6.08 Å². The van der Waals surface area contributed by atoms with E-state index in [4.69, 9.17) is 5.73 Å². The first kappa shape index (κ1) is 17.9. The average Bonchev–Trinajstić information content (AvgIpc) is 2.88. The molecule has 1 atom stereocenters. The van der Waals surface area contributed by atoms with E-state index in [0.717, 1.165) is 23.1 Å². The first-order valence-electron chi connectivity index (χ1n) is 8.46. The maximum atomic E-state index is 12.0. The molecular formula is C22H23BrNO. The predicted octanol–water partition coefficient (Wildman–Crippen LogP) is 5.40. The van der Waals surface area contributed by atoms with Gasteiger partial charge in [-0.15, -0.1) is 0 Å². The molecule has 0 heterocycles. The van der Waals surface area contributed by atoms with E-state index in [9.17, 15) is 4.79 Å². The van der Waals surface area contributed by atoms with Crippen LogP contribution in [0.2, 0.25) is 0 Å². The Labute approximate surface area is 158 Å². The number of carbonyl (C=O) groups excluding carboxylic acids is 1. The van der Waals surface area contributed by atoms with Gasteiger partial charge in [-0.25, -0.2) is 0 Å². The first-order chi connectivity index (χ1) is 11.6. The Morgan fingerprint density at radius 1 is 1.32 bits per heavy atom. The number of halogens is 1. The second-order valence-electron chi connectivity index (χ2n) is 7.91. The lowest BCUT2D eigenvalue weighted by Crippen LogP contribution is -2.17. The molecule has 25 heavy (non-hydrogen) atoms. The summed E-state index contributed by atoms with van der Waals surface area (Å²) in [5.41, 5.74) is 15.8. The SMILES string of the molecule is C=C1C(c2cc(C(C)(C)C)cc3c2CC(C)=C3)=C(C([NH])=O)C=CC1Br. The zero-order chi connectivity index (χ0) is 18.5. The third kappa shape index (κ3) is 3.18. The van der Waals surface area contributed by atoms with E-state index in [2.05, 4.69) is 68.4 Å². The van der Waals surface area contributed by atoms with E-state index in [-0.39, 0.29) is 10.2 Å². The second-order valence-corrected chi connectivity index (χ2v) is 8.90. The summed E-state index contributed by atoms with van der Waals surface area (Å²) in [6, 6.07) is 4.44. The molecule has 0 fully saturated rings. The van der Waals surface area contributed by atoms with Crippen molar-refractivity contribution in [3.63, 3.8) is 0 Å². The molecule has 1 N–H and O–H groups in total. The average molecular weight is 397 g/mol. The Morgan fingerprint density at radius 2 is 2.00 bits per heavy atom. The zero-order valence-electron chi connectivity index (χ0n) is 15.2. The normalized spacial score (nSPS) is 20.0. The zero-order valence-corrected chi connectivity index (χ0v) is 16.8. The molecule has 0 saturated carbocycles. The second kappa shape index (κ2) is 6.14. The fourth-order valence-electron chi connectivity index (χ4n) is 3.47. The Hall–Kier alpha value is -1.87. The number of rotatable bonds is 2. The van der Waals surface area contributed by atoms with Crippen LogP contribution in [0, 0.1) is 0 Å². The number of nitrogens with one attached hydrogen (secondary N) is 1. The van der Waals surface area contributed by atoms with Crippen molar-refractivity contribution in [1.82, 2.24) is 5.73 Å². The van der Waals surface area contributed by atoms with Gasteiger partial charge >= 0.3 is 0 Å². The van der Waals surface area contributed by atoms with Crippen molar-refractivity contribution in [1.29, 1.82) is 0 Å². The van der Waals surface area contributed by atoms with Gasteiger partial charge < -0.3 is 0 Å². The smallest absolute Gasteiger partial charge is 0.267 e. The fraction of sp³-hybridized carbons (Fsp3) is 0.318. The number of carbonyl (C=O) groups is 1. The number of allylic oxidation sites excluding steroid dienone is 4. The lowest BCUT2D eigenvalue weighted by molar-refractivity contribution is -0.114. The minimum atomic E-state index is -0.663. The molecule has 0 aliphatic heterocycles. The van der Waals surface area contributed by atoms with Crippen LogP contribution in [0.1, 0.15) is 49.9 Å². The molecule has 1 aromatic rings. The van der Waals surface area contributed by atoms with Gasteiger partial charge in [0, 0.05) is 5.57 Å². The quantitative estimate of drug-likeness (QED) is 0.617.